The summed E-state index contributed by atoms with van der Waals surface area (Å²) in [6.07, 6.45) is 2.44. The number of carbonyl (C=O) groups excluding carboxylic acids is 4. The average Bonchev–Trinajstić information content (AvgIpc) is 3.71. The Morgan fingerprint density at radius 2 is 1.31 bits per heavy atom. The molecule has 11 heteroatoms. The summed E-state index contributed by atoms with van der Waals surface area (Å²) in [5.41, 5.74) is 3.45. The van der Waals surface area contributed by atoms with Gasteiger partial charge >= 0.3 is 0 Å². The molecule has 48 heavy (non-hydrogen) atoms. The molecule has 2 fully saturated rings. The molecule has 2 aliphatic rings. The minimum absolute atomic E-state index is 0.174. The number of aromatic nitrogens is 1. The van der Waals surface area contributed by atoms with Gasteiger partial charge in [0, 0.05) is 56.1 Å². The minimum Gasteiger partial charge on any atom is -0.367 e. The Labute approximate surface area is 279 Å². The highest BCUT2D eigenvalue weighted by molar-refractivity contribution is 5.98. The molecule has 1 aromatic heterocycles. The van der Waals surface area contributed by atoms with Crippen LogP contribution >= 0.6 is 0 Å². The molecule has 0 aliphatic carbocycles. The summed E-state index contributed by atoms with van der Waals surface area (Å²) in [4.78, 5) is 61.6. The first kappa shape index (κ1) is 32.9. The number of carbonyl (C=O) groups is 4. The van der Waals surface area contributed by atoms with E-state index in [0.29, 0.717) is 6.42 Å². The maximum atomic E-state index is 14.5. The van der Waals surface area contributed by atoms with Gasteiger partial charge in [0.2, 0.25) is 23.6 Å². The molecule has 0 saturated carbocycles. The first-order valence-corrected chi connectivity index (χ1v) is 16.4. The van der Waals surface area contributed by atoms with E-state index in [0.717, 1.165) is 27.6 Å². The second-order valence-electron chi connectivity index (χ2n) is 12.6. The van der Waals surface area contributed by atoms with Gasteiger partial charge in [-0.2, -0.15) is 0 Å². The second-order valence-corrected chi connectivity index (χ2v) is 12.6. The van der Waals surface area contributed by atoms with Gasteiger partial charge in [-0.15, -0.1) is 0 Å². The van der Waals surface area contributed by atoms with Gasteiger partial charge in [-0.3, -0.25) is 24.5 Å². The first-order valence-electron chi connectivity index (χ1n) is 16.4. The Balaban J connectivity index is 1.37. The van der Waals surface area contributed by atoms with Gasteiger partial charge < -0.3 is 30.6 Å². The fraction of sp³-hybridized carbons (Fsp3) is 0.351. The quantitative estimate of drug-likeness (QED) is 0.176. The number of nitrogens with zero attached hydrogens (tertiary/aromatic N) is 1. The summed E-state index contributed by atoms with van der Waals surface area (Å²) in [6.45, 7) is 2.09. The topological polar surface area (TPSA) is 145 Å². The van der Waals surface area contributed by atoms with Crippen molar-refractivity contribution in [3.63, 3.8) is 0 Å². The number of hydrogen-bond donors (Lipinski definition) is 5. The molecule has 11 nitrogen and oxygen atoms in total. The van der Waals surface area contributed by atoms with Crippen molar-refractivity contribution < 1.29 is 23.9 Å². The van der Waals surface area contributed by atoms with Gasteiger partial charge in [-0.1, -0.05) is 78.9 Å². The van der Waals surface area contributed by atoms with Crippen LogP contribution in [0.1, 0.15) is 30.0 Å². The standard InChI is InChI=1S/C37H42N6O5/c1-23(48-2)39-27-20-33-36(46)41-30(17-24-11-5-3-6-12-24)34(44)40-31(19-26-21-38-29-16-10-9-15-28(26)29)35(45)42-32(37(47)43(33)22-27)18-25-13-7-4-8-14-25/h3-16,21,23,27,30-33,38-39H,17-20,22H2,1-2H3,(H,40,44)(H,41,46)(H,42,45)/t23?,27-,30+,31-,32+,33-/m1/s1. The number of fused-ring (bicyclic) bond motifs is 2. The molecule has 6 rings (SSSR count). The Hall–Kier alpha value is -5.00. The smallest absolute Gasteiger partial charge is 0.246 e. The zero-order chi connectivity index (χ0) is 33.6. The van der Waals surface area contributed by atoms with E-state index in [4.69, 9.17) is 4.74 Å². The molecule has 0 radical (unpaired) electrons. The third kappa shape index (κ3) is 7.58. The summed E-state index contributed by atoms with van der Waals surface area (Å²) in [7, 11) is 1.58. The summed E-state index contributed by atoms with van der Waals surface area (Å²) < 4.78 is 5.41. The van der Waals surface area contributed by atoms with E-state index in [1.54, 1.807) is 7.11 Å². The van der Waals surface area contributed by atoms with E-state index in [1.807, 2.05) is 98.0 Å². The van der Waals surface area contributed by atoms with Crippen molar-refractivity contribution in [3.05, 3.63) is 108 Å². The summed E-state index contributed by atoms with van der Waals surface area (Å²) in [6, 6.07) is 22.5. The van der Waals surface area contributed by atoms with Crippen molar-refractivity contribution in [1.29, 1.82) is 0 Å². The molecule has 2 saturated heterocycles. The van der Waals surface area contributed by atoms with E-state index >= 15 is 0 Å². The predicted molar refractivity (Wildman–Crippen MR) is 182 cm³/mol. The normalized spacial score (nSPS) is 24.2. The number of rotatable bonds is 9. The van der Waals surface area contributed by atoms with Gasteiger partial charge in [0.05, 0.1) is 0 Å². The van der Waals surface area contributed by atoms with Crippen LogP contribution in [0.4, 0.5) is 0 Å². The van der Waals surface area contributed by atoms with Crippen LogP contribution in [0.2, 0.25) is 0 Å². The molecular weight excluding hydrogens is 608 g/mol. The summed E-state index contributed by atoms with van der Waals surface area (Å²) >= 11 is 0. The highest BCUT2D eigenvalue weighted by atomic mass is 16.5. The van der Waals surface area contributed by atoms with E-state index in [2.05, 4.69) is 26.3 Å². The molecule has 0 spiro atoms. The number of aromatic amines is 1. The SMILES string of the molecule is COC(C)N[C@@H]1C[C@@H]2C(=O)N[C@@H](Cc3ccccc3)C(=O)N[C@H](Cc3c[nH]c4ccccc34)C(=O)N[C@@H](Cc3ccccc3)C(=O)N2C1. The van der Waals surface area contributed by atoms with Gasteiger partial charge in [-0.25, -0.2) is 0 Å². The Morgan fingerprint density at radius 1 is 0.750 bits per heavy atom. The van der Waals surface area contributed by atoms with E-state index in [9.17, 15) is 19.2 Å². The van der Waals surface area contributed by atoms with Gasteiger partial charge in [0.15, 0.2) is 0 Å². The Bertz CT molecular complexity index is 1740. The van der Waals surface area contributed by atoms with Crippen molar-refractivity contribution in [1.82, 2.24) is 31.2 Å². The summed E-state index contributed by atoms with van der Waals surface area (Å²) in [5, 5.41) is 13.2. The first-order chi connectivity index (χ1) is 23.3. The minimum atomic E-state index is -1.02. The van der Waals surface area contributed by atoms with Crippen molar-refractivity contribution >= 4 is 34.5 Å². The van der Waals surface area contributed by atoms with Crippen LogP contribution in [0.3, 0.4) is 0 Å². The van der Waals surface area contributed by atoms with Gasteiger partial charge in [0.25, 0.3) is 0 Å². The van der Waals surface area contributed by atoms with Crippen LogP contribution in [-0.2, 0) is 43.2 Å². The highest BCUT2D eigenvalue weighted by Gasteiger charge is 2.44. The second kappa shape index (κ2) is 14.8. The number of H-pyrrole nitrogens is 1. The number of ether oxygens (including phenoxy) is 1. The highest BCUT2D eigenvalue weighted by Crippen LogP contribution is 2.23. The Morgan fingerprint density at radius 3 is 1.98 bits per heavy atom. The monoisotopic (exact) mass is 650 g/mol. The molecular formula is C37H42N6O5. The molecule has 1 unspecified atom stereocenters. The number of benzene rings is 3. The van der Waals surface area contributed by atoms with Gasteiger partial charge in [-0.05, 0) is 36.1 Å². The zero-order valence-electron chi connectivity index (χ0n) is 27.1. The van der Waals surface area contributed by atoms with Crippen LogP contribution in [0.25, 0.3) is 10.9 Å². The fourth-order valence-corrected chi connectivity index (χ4v) is 6.70. The molecule has 250 valence electrons. The molecule has 4 amide bonds. The molecule has 5 N–H and O–H groups in total. The van der Waals surface area contributed by atoms with Crippen LogP contribution < -0.4 is 21.3 Å². The zero-order valence-corrected chi connectivity index (χ0v) is 27.1. The molecule has 4 aromatic rings. The van der Waals surface area contributed by atoms with Crippen molar-refractivity contribution in [2.24, 2.45) is 0 Å². The van der Waals surface area contributed by atoms with Crippen LogP contribution in [-0.4, -0.2) is 83.6 Å². The molecule has 0 bridgehead atoms. The number of para-hydroxylation sites is 1. The summed E-state index contributed by atoms with van der Waals surface area (Å²) in [5.74, 6) is -1.75. The van der Waals surface area contributed by atoms with E-state index in [1.165, 1.54) is 4.90 Å². The van der Waals surface area contributed by atoms with Gasteiger partial charge in [0.1, 0.15) is 30.4 Å². The molecule has 3 aromatic carbocycles. The van der Waals surface area contributed by atoms with Crippen LogP contribution in [0.5, 0.6) is 0 Å². The number of methoxy groups -OCH3 is 1. The Kier molecular flexibility index (Phi) is 10.2. The lowest BCUT2D eigenvalue weighted by Gasteiger charge is -2.32. The van der Waals surface area contributed by atoms with Crippen LogP contribution in [0, 0.1) is 0 Å². The molecule has 6 atom stereocenters. The molecule has 3 heterocycles. The maximum Gasteiger partial charge on any atom is 0.246 e. The predicted octanol–water partition coefficient (Wildman–Crippen LogP) is 2.22. The van der Waals surface area contributed by atoms with E-state index < -0.39 is 41.9 Å². The third-order valence-electron chi connectivity index (χ3n) is 9.26. The molecule has 2 aliphatic heterocycles. The number of nitrogens with one attached hydrogen (secondary N) is 5. The lowest BCUT2D eigenvalue weighted by atomic mass is 9.99. The lowest BCUT2D eigenvalue weighted by Crippen LogP contribution is -2.62. The van der Waals surface area contributed by atoms with Crippen molar-refractivity contribution in [2.45, 2.75) is 69.0 Å². The van der Waals surface area contributed by atoms with E-state index in [-0.39, 0.29) is 44.0 Å². The number of hydrogen-bond acceptors (Lipinski definition) is 6. The maximum absolute atomic E-state index is 14.5. The van der Waals surface area contributed by atoms with Crippen molar-refractivity contribution in [3.8, 4) is 0 Å². The van der Waals surface area contributed by atoms with Crippen molar-refractivity contribution in [2.75, 3.05) is 13.7 Å². The largest absolute Gasteiger partial charge is 0.367 e. The fourth-order valence-electron chi connectivity index (χ4n) is 6.70. The number of amides is 4. The third-order valence-corrected chi connectivity index (χ3v) is 9.26. The average molecular weight is 651 g/mol. The lowest BCUT2D eigenvalue weighted by molar-refractivity contribution is -0.143. The van der Waals surface area contributed by atoms with Crippen LogP contribution in [0.15, 0.2) is 91.1 Å².